The van der Waals surface area contributed by atoms with Crippen molar-refractivity contribution >= 4 is 13.3 Å². The number of benzene rings is 1. The molecule has 1 aliphatic heterocycles. The maximum atomic E-state index is 12.1. The van der Waals surface area contributed by atoms with E-state index in [1.54, 1.807) is 0 Å². The molecule has 2 rings (SSSR count). The van der Waals surface area contributed by atoms with Gasteiger partial charge in [0, 0.05) is 11.1 Å². The molecule has 29 heavy (non-hydrogen) atoms. The molecule has 1 heterocycles. The summed E-state index contributed by atoms with van der Waals surface area (Å²) in [5.41, 5.74) is 0.951. The lowest BCUT2D eigenvalue weighted by molar-refractivity contribution is -0.218. The van der Waals surface area contributed by atoms with Gasteiger partial charge in [-0.05, 0) is 44.2 Å². The predicted molar refractivity (Wildman–Crippen MR) is 123 cm³/mol. The van der Waals surface area contributed by atoms with E-state index in [0.29, 0.717) is 5.75 Å². The number of unbranched alkanes of at least 4 members (excludes halogenated alkanes) is 12. The van der Waals surface area contributed by atoms with Crippen molar-refractivity contribution in [3.63, 3.8) is 0 Å². The van der Waals surface area contributed by atoms with Gasteiger partial charge in [0.25, 0.3) is 8.00 Å². The lowest BCUT2D eigenvalue weighted by Crippen LogP contribution is -2.15. The highest BCUT2D eigenvalue weighted by Gasteiger charge is 2.25. The second-order valence-corrected chi connectivity index (χ2v) is 9.25. The first-order chi connectivity index (χ1) is 14.3. The van der Waals surface area contributed by atoms with Crippen LogP contribution >= 0.6 is 8.00 Å². The lowest BCUT2D eigenvalue weighted by Gasteiger charge is -2.14. The summed E-state index contributed by atoms with van der Waals surface area (Å²) in [4.78, 5) is 17.2. The molecular formula is C25H39O3P. The van der Waals surface area contributed by atoms with Crippen LogP contribution in [0.3, 0.4) is 0 Å². The Morgan fingerprint density at radius 3 is 2.07 bits per heavy atom. The second kappa shape index (κ2) is 15.7. The van der Waals surface area contributed by atoms with E-state index in [2.05, 4.69) is 19.1 Å². The summed E-state index contributed by atoms with van der Waals surface area (Å²) < 4.78 is 4.96. The summed E-state index contributed by atoms with van der Waals surface area (Å²) >= 11 is 0. The number of rotatable bonds is 16. The monoisotopic (exact) mass is 418 g/mol. The van der Waals surface area contributed by atoms with Gasteiger partial charge in [-0.15, -0.1) is 0 Å². The highest BCUT2D eigenvalue weighted by Crippen LogP contribution is 2.35. The summed E-state index contributed by atoms with van der Waals surface area (Å²) in [7, 11) is -1.85. The Morgan fingerprint density at radius 2 is 1.38 bits per heavy atom. The van der Waals surface area contributed by atoms with E-state index < -0.39 is 8.00 Å². The van der Waals surface area contributed by atoms with Crippen LogP contribution in [0.5, 0.6) is 5.75 Å². The van der Waals surface area contributed by atoms with Crippen LogP contribution in [0.25, 0.3) is 0 Å². The third-order valence-corrected chi connectivity index (χ3v) is 6.65. The van der Waals surface area contributed by atoms with Gasteiger partial charge in [0.15, 0.2) is 11.0 Å². The lowest BCUT2D eigenvalue weighted by atomic mass is 10.0. The quantitative estimate of drug-likeness (QED) is 0.120. The largest absolute Gasteiger partial charge is 0.599 e. The average molecular weight is 419 g/mol. The highest BCUT2D eigenvalue weighted by molar-refractivity contribution is 7.47. The van der Waals surface area contributed by atoms with Crippen molar-refractivity contribution in [1.29, 1.82) is 0 Å². The molecule has 0 spiro atoms. The van der Waals surface area contributed by atoms with Crippen molar-refractivity contribution in [2.45, 2.75) is 103 Å². The first-order valence-corrected chi connectivity index (χ1v) is 12.9. The van der Waals surface area contributed by atoms with Gasteiger partial charge in [-0.2, -0.15) is 0 Å². The van der Waals surface area contributed by atoms with E-state index in [1.165, 1.54) is 83.5 Å². The Bertz CT molecular complexity index is 624. The maximum Gasteiger partial charge on any atom is 0.283 e. The standard InChI is InChI=1S/C25H39O3P/c1-2-3-4-5-6-7-8-9-10-11-12-13-14-15-16-17-22-25-23-20-18-19-21-24(23)27-28-29(25)26/h9-10,18-21H,2-8,11-17,22H2,1H3/b10-9-. The number of para-hydroxylation sites is 1. The van der Waals surface area contributed by atoms with Crippen LogP contribution in [0.1, 0.15) is 109 Å². The van der Waals surface area contributed by atoms with E-state index in [-0.39, 0.29) is 0 Å². The summed E-state index contributed by atoms with van der Waals surface area (Å²) in [6.07, 6.45) is 23.8. The molecule has 0 amide bonds. The Labute approximate surface area is 179 Å². The smallest absolute Gasteiger partial charge is 0.283 e. The van der Waals surface area contributed by atoms with E-state index in [9.17, 15) is 4.89 Å². The topological polar surface area (TPSA) is 41.5 Å². The van der Waals surface area contributed by atoms with Crippen molar-refractivity contribution in [1.82, 2.24) is 0 Å². The number of allylic oxidation sites excluding steroid dienone is 2. The first kappa shape index (κ1) is 24.1. The van der Waals surface area contributed by atoms with Crippen LogP contribution < -0.4 is 9.78 Å². The molecular weight excluding hydrogens is 379 g/mol. The van der Waals surface area contributed by atoms with Gasteiger partial charge < -0.3 is 4.89 Å². The van der Waals surface area contributed by atoms with Gasteiger partial charge in [-0.25, -0.2) is 0 Å². The molecule has 0 saturated heterocycles. The van der Waals surface area contributed by atoms with Gasteiger partial charge >= 0.3 is 0 Å². The van der Waals surface area contributed by atoms with Crippen molar-refractivity contribution in [2.75, 3.05) is 0 Å². The molecule has 4 heteroatoms. The van der Waals surface area contributed by atoms with Gasteiger partial charge in [0.2, 0.25) is 0 Å². The normalized spacial score (nSPS) is 15.0. The minimum Gasteiger partial charge on any atom is -0.599 e. The number of hydrogen-bond acceptors (Lipinski definition) is 3. The molecule has 1 aliphatic rings. The van der Waals surface area contributed by atoms with Crippen LogP contribution in [0.15, 0.2) is 36.4 Å². The fourth-order valence-electron chi connectivity index (χ4n) is 3.76. The zero-order valence-electron chi connectivity index (χ0n) is 18.2. The second-order valence-electron chi connectivity index (χ2n) is 8.05. The average Bonchev–Trinajstić information content (AvgIpc) is 2.74. The number of hydrogen-bond donors (Lipinski definition) is 0. The summed E-state index contributed by atoms with van der Waals surface area (Å²) in [5, 5.41) is 0.900. The summed E-state index contributed by atoms with van der Waals surface area (Å²) in [5.74, 6) is 0.682. The molecule has 0 aliphatic carbocycles. The van der Waals surface area contributed by atoms with Crippen LogP contribution in [0, 0.1) is 0 Å². The SMILES string of the molecule is CCCCCCCC/C=C\CCCCCCCCC1=[P+]([O-])OOc2ccccc21. The molecule has 162 valence electrons. The molecule has 0 fully saturated rings. The minimum atomic E-state index is -1.85. The minimum absolute atomic E-state index is 0.682. The molecule has 0 radical (unpaired) electrons. The summed E-state index contributed by atoms with van der Waals surface area (Å²) in [6, 6.07) is 7.70. The maximum absolute atomic E-state index is 12.1. The van der Waals surface area contributed by atoms with Crippen molar-refractivity contribution in [3.05, 3.63) is 42.0 Å². The van der Waals surface area contributed by atoms with Gasteiger partial charge in [0.1, 0.15) is 0 Å². The van der Waals surface area contributed by atoms with E-state index in [4.69, 9.17) is 9.56 Å². The van der Waals surface area contributed by atoms with Crippen LogP contribution in [0.4, 0.5) is 0 Å². The van der Waals surface area contributed by atoms with Crippen LogP contribution in [0.2, 0.25) is 0 Å². The van der Waals surface area contributed by atoms with Crippen molar-refractivity contribution in [2.24, 2.45) is 0 Å². The third-order valence-electron chi connectivity index (χ3n) is 5.54. The Hall–Kier alpha value is -1.15. The molecule has 0 N–H and O–H groups in total. The zero-order valence-corrected chi connectivity index (χ0v) is 19.1. The Morgan fingerprint density at radius 1 is 0.793 bits per heavy atom. The summed E-state index contributed by atoms with van der Waals surface area (Å²) in [6.45, 7) is 2.27. The van der Waals surface area contributed by atoms with Crippen molar-refractivity contribution in [3.8, 4) is 5.75 Å². The van der Waals surface area contributed by atoms with Crippen LogP contribution in [-0.2, 0) is 4.67 Å². The first-order valence-electron chi connectivity index (χ1n) is 11.7. The van der Waals surface area contributed by atoms with E-state index in [1.807, 2.05) is 24.3 Å². The van der Waals surface area contributed by atoms with Gasteiger partial charge in [0.05, 0.1) is 5.56 Å². The molecule has 0 saturated carbocycles. The fourth-order valence-corrected chi connectivity index (χ4v) is 4.72. The number of fused-ring (bicyclic) bond motifs is 1. The molecule has 1 unspecified atom stereocenters. The third kappa shape index (κ3) is 9.94. The molecule has 1 atom stereocenters. The predicted octanol–water partition coefficient (Wildman–Crippen LogP) is 7.63. The Balaban J connectivity index is 1.43. The van der Waals surface area contributed by atoms with Crippen LogP contribution in [-0.4, -0.2) is 5.29 Å². The molecule has 0 bridgehead atoms. The fraction of sp³-hybridized carbons (Fsp3) is 0.640. The molecule has 1 aromatic carbocycles. The van der Waals surface area contributed by atoms with Crippen molar-refractivity contribution < 1.29 is 14.5 Å². The molecule has 3 nitrogen and oxygen atoms in total. The molecule has 1 aromatic rings. The molecule has 0 aromatic heterocycles. The van der Waals surface area contributed by atoms with E-state index >= 15 is 0 Å². The zero-order chi connectivity index (χ0) is 20.6. The van der Waals surface area contributed by atoms with Gasteiger partial charge in [-0.1, -0.05) is 89.0 Å². The Kier molecular flexibility index (Phi) is 13.0. The highest BCUT2D eigenvalue weighted by atomic mass is 31.1. The van der Waals surface area contributed by atoms with E-state index in [0.717, 1.165) is 23.7 Å². The van der Waals surface area contributed by atoms with Gasteiger partial charge in [-0.3, -0.25) is 4.89 Å².